The molecule has 6 heteroatoms. The summed E-state index contributed by atoms with van der Waals surface area (Å²) in [5, 5.41) is 4.17. The third kappa shape index (κ3) is 3.07. The average molecular weight is 279 g/mol. The number of aromatic nitrogens is 2. The van der Waals surface area contributed by atoms with E-state index in [-0.39, 0.29) is 23.6 Å². The molecule has 0 unspecified atom stereocenters. The summed E-state index contributed by atoms with van der Waals surface area (Å²) in [5.74, 6) is -0.141. The molecule has 20 heavy (non-hydrogen) atoms. The highest BCUT2D eigenvalue weighted by atomic mass is 16.5. The lowest BCUT2D eigenvalue weighted by Crippen LogP contribution is -2.50. The summed E-state index contributed by atoms with van der Waals surface area (Å²) in [6.07, 6.45) is 0.826. The predicted molar refractivity (Wildman–Crippen MR) is 74.7 cm³/mol. The largest absolute Gasteiger partial charge is 0.375 e. The number of carbonyl (C=O) groups excluding carboxylic acids is 1. The van der Waals surface area contributed by atoms with Crippen molar-refractivity contribution in [1.29, 1.82) is 0 Å². The fourth-order valence-electron chi connectivity index (χ4n) is 2.27. The summed E-state index contributed by atoms with van der Waals surface area (Å²) in [6, 6.07) is 2.93. The van der Waals surface area contributed by atoms with Gasteiger partial charge in [-0.1, -0.05) is 6.92 Å². The number of rotatable bonds is 3. The third-order valence-electron chi connectivity index (χ3n) is 3.39. The van der Waals surface area contributed by atoms with Crippen LogP contribution in [0.3, 0.4) is 0 Å². The first-order valence-electron chi connectivity index (χ1n) is 7.03. The number of hydrogen-bond acceptors (Lipinski definition) is 4. The number of ether oxygens (including phenoxy) is 1. The topological polar surface area (TPSA) is 64.4 Å². The SMILES string of the molecule is CCCn1nc(C(=O)N2C[C@H](C)OC[C@@H]2C)ccc1=O. The summed E-state index contributed by atoms with van der Waals surface area (Å²) in [4.78, 5) is 25.9. The van der Waals surface area contributed by atoms with Crippen LogP contribution in [0.25, 0.3) is 0 Å². The molecule has 0 aromatic carbocycles. The third-order valence-corrected chi connectivity index (χ3v) is 3.39. The van der Waals surface area contributed by atoms with Crippen molar-refractivity contribution in [3.63, 3.8) is 0 Å². The van der Waals surface area contributed by atoms with Crippen molar-refractivity contribution in [2.45, 2.75) is 45.9 Å². The minimum Gasteiger partial charge on any atom is -0.375 e. The Morgan fingerprint density at radius 1 is 1.45 bits per heavy atom. The molecule has 1 saturated heterocycles. The minimum atomic E-state index is -0.174. The molecule has 110 valence electrons. The van der Waals surface area contributed by atoms with E-state index in [9.17, 15) is 9.59 Å². The lowest BCUT2D eigenvalue weighted by molar-refractivity contribution is -0.0389. The molecule has 6 nitrogen and oxygen atoms in total. The van der Waals surface area contributed by atoms with Gasteiger partial charge >= 0.3 is 0 Å². The molecule has 2 rings (SSSR count). The molecule has 2 atom stereocenters. The first-order valence-corrected chi connectivity index (χ1v) is 7.03. The maximum atomic E-state index is 12.5. The molecule has 1 aliphatic rings. The van der Waals surface area contributed by atoms with Crippen molar-refractivity contribution in [2.24, 2.45) is 0 Å². The Morgan fingerprint density at radius 2 is 2.20 bits per heavy atom. The molecule has 0 radical (unpaired) electrons. The number of nitrogens with zero attached hydrogens (tertiary/aromatic N) is 3. The van der Waals surface area contributed by atoms with Gasteiger partial charge in [0.25, 0.3) is 11.5 Å². The Bertz CT molecular complexity index is 541. The van der Waals surface area contributed by atoms with Gasteiger partial charge < -0.3 is 9.64 Å². The number of morpholine rings is 1. The normalized spacial score (nSPS) is 22.9. The standard InChI is InChI=1S/C14H21N3O3/c1-4-7-17-13(18)6-5-12(15-17)14(19)16-8-11(3)20-9-10(16)2/h5-6,10-11H,4,7-9H2,1-3H3/t10-,11-/m0/s1. The zero-order chi connectivity index (χ0) is 14.7. The van der Waals surface area contributed by atoms with Crippen molar-refractivity contribution < 1.29 is 9.53 Å². The second-order valence-corrected chi connectivity index (χ2v) is 5.23. The lowest BCUT2D eigenvalue weighted by atomic mass is 10.2. The number of aryl methyl sites for hydroxylation is 1. The van der Waals surface area contributed by atoms with Crippen molar-refractivity contribution in [3.8, 4) is 0 Å². The molecule has 2 heterocycles. The second kappa shape index (κ2) is 6.17. The molecular formula is C14H21N3O3. The van der Waals surface area contributed by atoms with Crippen LogP contribution in [-0.2, 0) is 11.3 Å². The lowest BCUT2D eigenvalue weighted by Gasteiger charge is -2.36. The zero-order valence-electron chi connectivity index (χ0n) is 12.2. The Morgan fingerprint density at radius 3 is 2.90 bits per heavy atom. The van der Waals surface area contributed by atoms with Gasteiger partial charge in [-0.2, -0.15) is 5.10 Å². The van der Waals surface area contributed by atoms with E-state index in [4.69, 9.17) is 4.74 Å². The van der Waals surface area contributed by atoms with Crippen LogP contribution in [0, 0.1) is 0 Å². The van der Waals surface area contributed by atoms with E-state index in [2.05, 4.69) is 5.10 Å². The summed E-state index contributed by atoms with van der Waals surface area (Å²) >= 11 is 0. The first kappa shape index (κ1) is 14.7. The van der Waals surface area contributed by atoms with E-state index in [0.29, 0.717) is 25.4 Å². The van der Waals surface area contributed by atoms with Crippen LogP contribution in [0.5, 0.6) is 0 Å². The molecule has 0 aliphatic carbocycles. The molecule has 0 saturated carbocycles. The van der Waals surface area contributed by atoms with Gasteiger partial charge in [0.05, 0.1) is 18.8 Å². The average Bonchev–Trinajstić information content (AvgIpc) is 2.43. The van der Waals surface area contributed by atoms with Crippen LogP contribution in [0.1, 0.15) is 37.7 Å². The molecule has 0 spiro atoms. The van der Waals surface area contributed by atoms with Crippen LogP contribution in [0.2, 0.25) is 0 Å². The fourth-order valence-corrected chi connectivity index (χ4v) is 2.27. The number of carbonyl (C=O) groups is 1. The van der Waals surface area contributed by atoms with Gasteiger partial charge in [0.15, 0.2) is 0 Å². The van der Waals surface area contributed by atoms with Crippen LogP contribution in [0.4, 0.5) is 0 Å². The van der Waals surface area contributed by atoms with Gasteiger partial charge in [-0.05, 0) is 26.3 Å². The second-order valence-electron chi connectivity index (χ2n) is 5.23. The highest BCUT2D eigenvalue weighted by molar-refractivity contribution is 5.92. The molecular weight excluding hydrogens is 258 g/mol. The smallest absolute Gasteiger partial charge is 0.274 e. The monoisotopic (exact) mass is 279 g/mol. The van der Waals surface area contributed by atoms with Crippen molar-refractivity contribution >= 4 is 5.91 Å². The van der Waals surface area contributed by atoms with E-state index >= 15 is 0 Å². The quantitative estimate of drug-likeness (QED) is 0.824. The van der Waals surface area contributed by atoms with Gasteiger partial charge in [0, 0.05) is 19.2 Å². The number of amides is 1. The van der Waals surface area contributed by atoms with Crippen LogP contribution in [0.15, 0.2) is 16.9 Å². The molecule has 0 bridgehead atoms. The van der Waals surface area contributed by atoms with E-state index in [1.54, 1.807) is 4.90 Å². The molecule has 1 aromatic rings. The summed E-state index contributed by atoms with van der Waals surface area (Å²) in [6.45, 7) is 7.46. The van der Waals surface area contributed by atoms with E-state index in [1.165, 1.54) is 16.8 Å². The Balaban J connectivity index is 2.24. The first-order chi connectivity index (χ1) is 9.52. The van der Waals surface area contributed by atoms with Crippen molar-refractivity contribution in [1.82, 2.24) is 14.7 Å². The molecule has 0 N–H and O–H groups in total. The van der Waals surface area contributed by atoms with Gasteiger partial charge in [0.1, 0.15) is 5.69 Å². The molecule has 1 fully saturated rings. The van der Waals surface area contributed by atoms with Gasteiger partial charge in [-0.15, -0.1) is 0 Å². The fraction of sp³-hybridized carbons (Fsp3) is 0.643. The Labute approximate surface area is 118 Å². The molecule has 1 amide bonds. The van der Waals surface area contributed by atoms with Crippen LogP contribution < -0.4 is 5.56 Å². The molecule has 1 aliphatic heterocycles. The number of hydrogen-bond donors (Lipinski definition) is 0. The molecule has 1 aromatic heterocycles. The van der Waals surface area contributed by atoms with Crippen LogP contribution in [-0.4, -0.2) is 45.9 Å². The maximum Gasteiger partial charge on any atom is 0.274 e. The van der Waals surface area contributed by atoms with Gasteiger partial charge in [-0.25, -0.2) is 4.68 Å². The highest BCUT2D eigenvalue weighted by Gasteiger charge is 2.29. The van der Waals surface area contributed by atoms with Gasteiger partial charge in [0.2, 0.25) is 0 Å². The van der Waals surface area contributed by atoms with E-state index in [1.807, 2.05) is 20.8 Å². The van der Waals surface area contributed by atoms with Gasteiger partial charge in [-0.3, -0.25) is 9.59 Å². The zero-order valence-corrected chi connectivity index (χ0v) is 12.2. The Kier molecular flexibility index (Phi) is 4.54. The summed E-state index contributed by atoms with van der Waals surface area (Å²) in [7, 11) is 0. The summed E-state index contributed by atoms with van der Waals surface area (Å²) in [5.41, 5.74) is 0.144. The van der Waals surface area contributed by atoms with Crippen molar-refractivity contribution in [2.75, 3.05) is 13.2 Å². The van der Waals surface area contributed by atoms with Crippen molar-refractivity contribution in [3.05, 3.63) is 28.2 Å². The van der Waals surface area contributed by atoms with E-state index in [0.717, 1.165) is 6.42 Å². The Hall–Kier alpha value is -1.69. The summed E-state index contributed by atoms with van der Waals surface area (Å²) < 4.78 is 6.87. The maximum absolute atomic E-state index is 12.5. The minimum absolute atomic E-state index is 0.0204. The predicted octanol–water partition coefficient (Wildman–Crippen LogP) is 0.903. The van der Waals surface area contributed by atoms with E-state index < -0.39 is 0 Å². The highest BCUT2D eigenvalue weighted by Crippen LogP contribution is 2.14. The van der Waals surface area contributed by atoms with Crippen LogP contribution >= 0.6 is 0 Å².